The molecule has 1 aliphatic rings. The zero-order chi connectivity index (χ0) is 15.6. The van der Waals surface area contributed by atoms with Gasteiger partial charge < -0.3 is 15.2 Å². The van der Waals surface area contributed by atoms with E-state index in [9.17, 15) is 18.3 Å². The van der Waals surface area contributed by atoms with E-state index in [1.165, 1.54) is 12.1 Å². The molecule has 2 unspecified atom stereocenters. The lowest BCUT2D eigenvalue weighted by molar-refractivity contribution is 0.0697. The Balaban J connectivity index is 2.33. The van der Waals surface area contributed by atoms with E-state index in [-0.39, 0.29) is 22.6 Å². The third-order valence-electron chi connectivity index (χ3n) is 3.65. The number of carboxylic acid groups (broad SMARTS) is 1. The number of aromatic carboxylic acids is 1. The third-order valence-corrected chi connectivity index (χ3v) is 4.56. The van der Waals surface area contributed by atoms with Crippen molar-refractivity contribution in [1.82, 2.24) is 0 Å². The van der Waals surface area contributed by atoms with E-state index < -0.39 is 16.0 Å². The summed E-state index contributed by atoms with van der Waals surface area (Å²) in [6.45, 7) is 0. The highest BCUT2D eigenvalue weighted by molar-refractivity contribution is 7.89. The predicted octanol–water partition coefficient (Wildman–Crippen LogP) is 1.01. The van der Waals surface area contributed by atoms with Crippen LogP contribution in [0.25, 0.3) is 0 Å². The third kappa shape index (κ3) is 3.52. The smallest absolute Gasteiger partial charge is 0.337 e. The summed E-state index contributed by atoms with van der Waals surface area (Å²) < 4.78 is 28.0. The molecule has 0 spiro atoms. The minimum atomic E-state index is -3.93. The summed E-state index contributed by atoms with van der Waals surface area (Å²) in [7, 11) is -2.32. The maximum atomic E-state index is 11.3. The number of benzene rings is 1. The Kier molecular flexibility index (Phi) is 4.50. The Morgan fingerprint density at radius 1 is 1.43 bits per heavy atom. The first-order valence-electron chi connectivity index (χ1n) is 6.52. The summed E-state index contributed by atoms with van der Waals surface area (Å²) in [6.07, 6.45) is 2.79. The molecule has 0 bridgehead atoms. The lowest BCUT2D eigenvalue weighted by Gasteiger charge is -2.22. The van der Waals surface area contributed by atoms with E-state index in [2.05, 4.69) is 5.32 Å². The van der Waals surface area contributed by atoms with Gasteiger partial charge in [0.2, 0.25) is 10.0 Å². The summed E-state index contributed by atoms with van der Waals surface area (Å²) in [5.74, 6) is -1.21. The van der Waals surface area contributed by atoms with Gasteiger partial charge in [-0.05, 0) is 37.5 Å². The van der Waals surface area contributed by atoms with Crippen molar-refractivity contribution in [2.24, 2.45) is 5.14 Å². The van der Waals surface area contributed by atoms with Crippen molar-refractivity contribution in [1.29, 1.82) is 0 Å². The van der Waals surface area contributed by atoms with Gasteiger partial charge in [0.25, 0.3) is 0 Å². The van der Waals surface area contributed by atoms with Crippen LogP contribution in [0.1, 0.15) is 29.6 Å². The van der Waals surface area contributed by atoms with Gasteiger partial charge in [0, 0.05) is 12.8 Å². The van der Waals surface area contributed by atoms with Crippen molar-refractivity contribution in [2.45, 2.75) is 36.3 Å². The molecule has 1 aliphatic carbocycles. The highest BCUT2D eigenvalue weighted by Crippen LogP contribution is 2.27. The second-order valence-corrected chi connectivity index (χ2v) is 6.57. The van der Waals surface area contributed by atoms with Gasteiger partial charge in [0.05, 0.1) is 22.6 Å². The molecule has 116 valence electrons. The fraction of sp³-hybridized carbons (Fsp3) is 0.462. The van der Waals surface area contributed by atoms with Gasteiger partial charge in [-0.1, -0.05) is 0 Å². The van der Waals surface area contributed by atoms with Gasteiger partial charge in [-0.2, -0.15) is 0 Å². The highest BCUT2D eigenvalue weighted by atomic mass is 32.2. The molecule has 0 aromatic heterocycles. The second-order valence-electron chi connectivity index (χ2n) is 5.01. The van der Waals surface area contributed by atoms with Crippen molar-refractivity contribution < 1.29 is 23.1 Å². The number of nitrogens with one attached hydrogen (secondary N) is 1. The van der Waals surface area contributed by atoms with Gasteiger partial charge >= 0.3 is 5.97 Å². The van der Waals surface area contributed by atoms with Gasteiger partial charge in [-0.15, -0.1) is 0 Å². The van der Waals surface area contributed by atoms with E-state index in [0.29, 0.717) is 5.69 Å². The molecule has 1 aromatic carbocycles. The molecule has 2 atom stereocenters. The molecule has 2 rings (SSSR count). The van der Waals surface area contributed by atoms with Crippen LogP contribution in [0.5, 0.6) is 0 Å². The fourth-order valence-corrected chi connectivity index (χ4v) is 3.12. The Morgan fingerprint density at radius 3 is 2.71 bits per heavy atom. The molecule has 1 fully saturated rings. The average Bonchev–Trinajstić information content (AvgIpc) is 2.84. The van der Waals surface area contributed by atoms with E-state index in [4.69, 9.17) is 9.88 Å². The quantitative estimate of drug-likeness (QED) is 0.746. The summed E-state index contributed by atoms with van der Waals surface area (Å²) in [6, 6.07) is 3.79. The molecule has 21 heavy (non-hydrogen) atoms. The van der Waals surface area contributed by atoms with E-state index in [1.807, 2.05) is 0 Å². The van der Waals surface area contributed by atoms with Crippen LogP contribution in [0, 0.1) is 0 Å². The molecule has 7 nitrogen and oxygen atoms in total. The summed E-state index contributed by atoms with van der Waals surface area (Å²) in [5, 5.41) is 17.4. The monoisotopic (exact) mass is 314 g/mol. The topological polar surface area (TPSA) is 119 Å². The molecule has 0 amide bonds. The summed E-state index contributed by atoms with van der Waals surface area (Å²) in [4.78, 5) is 11.1. The van der Waals surface area contributed by atoms with Crippen molar-refractivity contribution in [3.8, 4) is 0 Å². The maximum absolute atomic E-state index is 11.3. The first-order chi connectivity index (χ1) is 9.82. The molecule has 0 radical (unpaired) electrons. The number of hydrogen-bond acceptors (Lipinski definition) is 5. The maximum Gasteiger partial charge on any atom is 0.337 e. The van der Waals surface area contributed by atoms with Gasteiger partial charge in [-0.3, -0.25) is 0 Å². The van der Waals surface area contributed by atoms with E-state index in [1.54, 1.807) is 7.11 Å². The second kappa shape index (κ2) is 6.00. The zero-order valence-corrected chi connectivity index (χ0v) is 12.4. The lowest BCUT2D eigenvalue weighted by Crippen LogP contribution is -2.30. The number of carbonyl (C=O) groups is 1. The van der Waals surface area contributed by atoms with Crippen molar-refractivity contribution in [2.75, 3.05) is 12.4 Å². The summed E-state index contributed by atoms with van der Waals surface area (Å²) in [5.41, 5.74) is 0.243. The van der Waals surface area contributed by atoms with Crippen LogP contribution in [-0.2, 0) is 14.8 Å². The van der Waals surface area contributed by atoms with Crippen LogP contribution in [0.15, 0.2) is 23.1 Å². The zero-order valence-electron chi connectivity index (χ0n) is 11.6. The number of primary sulfonamides is 1. The van der Waals surface area contributed by atoms with Gasteiger partial charge in [-0.25, -0.2) is 18.4 Å². The molecular formula is C13H18N2O5S. The number of anilines is 1. The van der Waals surface area contributed by atoms with Crippen molar-refractivity contribution >= 4 is 21.7 Å². The highest BCUT2D eigenvalue weighted by Gasteiger charge is 2.28. The lowest BCUT2D eigenvalue weighted by atomic mass is 10.1. The normalized spacial score (nSPS) is 22.2. The molecular weight excluding hydrogens is 296 g/mol. The predicted molar refractivity (Wildman–Crippen MR) is 76.8 cm³/mol. The van der Waals surface area contributed by atoms with E-state index >= 15 is 0 Å². The number of rotatable bonds is 5. The van der Waals surface area contributed by atoms with Crippen LogP contribution < -0.4 is 10.5 Å². The first kappa shape index (κ1) is 15.7. The largest absolute Gasteiger partial charge is 0.478 e. The number of nitrogens with two attached hydrogens (primary N) is 1. The molecule has 1 saturated carbocycles. The standard InChI is InChI=1S/C13H18N2O5S/c1-20-12-4-2-3-11(12)15-10-6-5-8(21(14,18)19)7-9(10)13(16)17/h5-7,11-12,15H,2-4H2,1H3,(H,16,17)(H2,14,18,19). The Morgan fingerprint density at radius 2 is 2.14 bits per heavy atom. The molecule has 0 aliphatic heterocycles. The average molecular weight is 314 g/mol. The van der Waals surface area contributed by atoms with Crippen LogP contribution in [0.4, 0.5) is 5.69 Å². The summed E-state index contributed by atoms with van der Waals surface area (Å²) >= 11 is 0. The Hall–Kier alpha value is -1.64. The number of carboxylic acids is 1. The Labute approximate surface area is 123 Å². The number of sulfonamides is 1. The van der Waals surface area contributed by atoms with Crippen LogP contribution >= 0.6 is 0 Å². The van der Waals surface area contributed by atoms with Crippen LogP contribution in [0.3, 0.4) is 0 Å². The molecule has 0 saturated heterocycles. The van der Waals surface area contributed by atoms with Gasteiger partial charge in [0.15, 0.2) is 0 Å². The fourth-order valence-electron chi connectivity index (χ4n) is 2.58. The molecule has 0 heterocycles. The molecule has 1 aromatic rings. The number of ether oxygens (including phenoxy) is 1. The minimum Gasteiger partial charge on any atom is -0.478 e. The van der Waals surface area contributed by atoms with Crippen molar-refractivity contribution in [3.63, 3.8) is 0 Å². The van der Waals surface area contributed by atoms with Crippen molar-refractivity contribution in [3.05, 3.63) is 23.8 Å². The van der Waals surface area contributed by atoms with Crippen LogP contribution in [0.2, 0.25) is 0 Å². The number of methoxy groups -OCH3 is 1. The van der Waals surface area contributed by atoms with Gasteiger partial charge in [0.1, 0.15) is 0 Å². The minimum absolute atomic E-state index is 0.00781. The van der Waals surface area contributed by atoms with Crippen LogP contribution in [-0.4, -0.2) is 38.7 Å². The molecule has 4 N–H and O–H groups in total. The SMILES string of the molecule is COC1CCCC1Nc1ccc(S(N)(=O)=O)cc1C(=O)O. The Bertz CT molecular complexity index is 644. The number of hydrogen-bond donors (Lipinski definition) is 3. The van der Waals surface area contributed by atoms with E-state index in [0.717, 1.165) is 25.3 Å². The molecule has 8 heteroatoms. The first-order valence-corrected chi connectivity index (χ1v) is 8.07.